The van der Waals surface area contributed by atoms with E-state index in [1.54, 1.807) is 23.5 Å². The van der Waals surface area contributed by atoms with Gasteiger partial charge in [-0.2, -0.15) is 5.10 Å². The van der Waals surface area contributed by atoms with Crippen LogP contribution in [0.1, 0.15) is 34.7 Å². The third kappa shape index (κ3) is 2.39. The number of para-hydroxylation sites is 1. The number of benzene rings is 2. The highest BCUT2D eigenvalue weighted by Crippen LogP contribution is 2.48. The Labute approximate surface area is 149 Å². The zero-order valence-electron chi connectivity index (χ0n) is 13.4. The standard InChI is InChI=1S/C20H16N2O2S/c23-14-6-3-5-13(11-14)16-12-17-15-7-1-2-8-18(15)24-20(22(17)21-16)19-9-4-10-25-19/h1-11,17,20,23H,12H2. The summed E-state index contributed by atoms with van der Waals surface area (Å²) in [5.41, 5.74) is 3.09. The van der Waals surface area contributed by atoms with E-state index in [9.17, 15) is 5.11 Å². The van der Waals surface area contributed by atoms with E-state index < -0.39 is 0 Å². The molecule has 0 amide bonds. The van der Waals surface area contributed by atoms with Crippen molar-refractivity contribution in [3.63, 3.8) is 0 Å². The van der Waals surface area contributed by atoms with Gasteiger partial charge in [-0.3, -0.25) is 0 Å². The number of hydrogen-bond acceptors (Lipinski definition) is 5. The monoisotopic (exact) mass is 348 g/mol. The van der Waals surface area contributed by atoms with Gasteiger partial charge in [0.1, 0.15) is 11.5 Å². The van der Waals surface area contributed by atoms with Crippen molar-refractivity contribution < 1.29 is 9.84 Å². The number of aromatic hydroxyl groups is 1. The molecule has 0 bridgehead atoms. The molecule has 5 rings (SSSR count). The number of phenols is 1. The second-order valence-electron chi connectivity index (χ2n) is 6.22. The second-order valence-corrected chi connectivity index (χ2v) is 7.20. The molecule has 124 valence electrons. The number of phenolic OH excluding ortho intramolecular Hbond substituents is 1. The van der Waals surface area contributed by atoms with Gasteiger partial charge in [0.05, 0.1) is 16.6 Å². The van der Waals surface area contributed by atoms with Crippen LogP contribution < -0.4 is 4.74 Å². The lowest BCUT2D eigenvalue weighted by molar-refractivity contribution is -0.0165. The second kappa shape index (κ2) is 5.63. The van der Waals surface area contributed by atoms with Crippen molar-refractivity contribution in [2.45, 2.75) is 18.7 Å². The summed E-state index contributed by atoms with van der Waals surface area (Å²) in [6.07, 6.45) is 0.584. The predicted molar refractivity (Wildman–Crippen MR) is 98.0 cm³/mol. The molecule has 0 saturated heterocycles. The van der Waals surface area contributed by atoms with E-state index in [0.717, 1.165) is 33.9 Å². The minimum atomic E-state index is -0.213. The molecule has 0 radical (unpaired) electrons. The van der Waals surface area contributed by atoms with E-state index in [-0.39, 0.29) is 18.0 Å². The molecule has 5 heteroatoms. The van der Waals surface area contributed by atoms with E-state index in [4.69, 9.17) is 9.84 Å². The van der Waals surface area contributed by atoms with Gasteiger partial charge in [-0.05, 0) is 29.6 Å². The quantitative estimate of drug-likeness (QED) is 0.730. The summed E-state index contributed by atoms with van der Waals surface area (Å²) >= 11 is 1.68. The zero-order valence-corrected chi connectivity index (χ0v) is 14.2. The summed E-state index contributed by atoms with van der Waals surface area (Å²) in [6, 6.07) is 19.7. The molecule has 2 atom stereocenters. The molecule has 25 heavy (non-hydrogen) atoms. The molecule has 1 aromatic heterocycles. The minimum Gasteiger partial charge on any atom is -0.508 e. The third-order valence-corrected chi connectivity index (χ3v) is 5.57. The number of hydrazone groups is 1. The normalized spacial score (nSPS) is 21.3. The fraction of sp³-hybridized carbons (Fsp3) is 0.150. The van der Waals surface area contributed by atoms with Crippen LogP contribution >= 0.6 is 11.3 Å². The van der Waals surface area contributed by atoms with Crippen LogP contribution in [0.15, 0.2) is 71.1 Å². The van der Waals surface area contributed by atoms with Crippen molar-refractivity contribution in [1.29, 1.82) is 0 Å². The Balaban J connectivity index is 1.60. The SMILES string of the molecule is Oc1cccc(C2=NN3C(C2)c2ccccc2OC3c2cccs2)c1. The number of ether oxygens (including phenoxy) is 1. The van der Waals surface area contributed by atoms with Crippen LogP contribution in [0.5, 0.6) is 11.5 Å². The van der Waals surface area contributed by atoms with Crippen LogP contribution in [0.4, 0.5) is 0 Å². The maximum atomic E-state index is 9.80. The lowest BCUT2D eigenvalue weighted by Crippen LogP contribution is -2.33. The molecule has 0 fully saturated rings. The van der Waals surface area contributed by atoms with Crippen LogP contribution in [-0.2, 0) is 0 Å². The molecule has 3 aromatic rings. The van der Waals surface area contributed by atoms with Gasteiger partial charge in [0.2, 0.25) is 6.23 Å². The Morgan fingerprint density at radius 2 is 2.00 bits per heavy atom. The summed E-state index contributed by atoms with van der Waals surface area (Å²) in [4.78, 5) is 1.14. The summed E-state index contributed by atoms with van der Waals surface area (Å²) in [5.74, 6) is 1.19. The van der Waals surface area contributed by atoms with Crippen molar-refractivity contribution in [3.05, 3.63) is 82.0 Å². The molecule has 3 heterocycles. The highest BCUT2D eigenvalue weighted by Gasteiger charge is 2.41. The van der Waals surface area contributed by atoms with Gasteiger partial charge in [0, 0.05) is 17.5 Å². The fourth-order valence-electron chi connectivity index (χ4n) is 3.51. The molecule has 2 aromatic carbocycles. The topological polar surface area (TPSA) is 45.1 Å². The van der Waals surface area contributed by atoms with E-state index in [2.05, 4.69) is 22.5 Å². The maximum absolute atomic E-state index is 9.80. The van der Waals surface area contributed by atoms with E-state index in [0.29, 0.717) is 0 Å². The van der Waals surface area contributed by atoms with Gasteiger partial charge in [0.25, 0.3) is 0 Å². The molecule has 2 aliphatic rings. The first-order valence-electron chi connectivity index (χ1n) is 8.24. The Morgan fingerprint density at radius 1 is 1.08 bits per heavy atom. The first kappa shape index (κ1) is 14.5. The maximum Gasteiger partial charge on any atom is 0.222 e. The Hall–Kier alpha value is -2.79. The number of thiophene rings is 1. The zero-order chi connectivity index (χ0) is 16.8. The highest BCUT2D eigenvalue weighted by atomic mass is 32.1. The number of nitrogens with zero attached hydrogens (tertiary/aromatic N) is 2. The smallest absolute Gasteiger partial charge is 0.222 e. The molecule has 0 saturated carbocycles. The van der Waals surface area contributed by atoms with Crippen LogP contribution in [0.25, 0.3) is 0 Å². The van der Waals surface area contributed by atoms with Gasteiger partial charge in [-0.15, -0.1) is 11.3 Å². The molecule has 2 unspecified atom stereocenters. The molecule has 0 aliphatic carbocycles. The minimum absolute atomic E-state index is 0.148. The van der Waals surface area contributed by atoms with Crippen molar-refractivity contribution in [1.82, 2.24) is 5.01 Å². The molecular formula is C20H16N2O2S. The van der Waals surface area contributed by atoms with Crippen molar-refractivity contribution in [2.24, 2.45) is 5.10 Å². The average molecular weight is 348 g/mol. The summed E-state index contributed by atoms with van der Waals surface area (Å²) in [5, 5.41) is 18.8. The third-order valence-electron chi connectivity index (χ3n) is 4.67. The Bertz CT molecular complexity index is 952. The first-order chi connectivity index (χ1) is 12.3. The van der Waals surface area contributed by atoms with E-state index >= 15 is 0 Å². The molecule has 4 nitrogen and oxygen atoms in total. The summed E-state index contributed by atoms with van der Waals surface area (Å²) in [7, 11) is 0. The van der Waals surface area contributed by atoms with Crippen LogP contribution in [0.2, 0.25) is 0 Å². The Morgan fingerprint density at radius 3 is 2.84 bits per heavy atom. The number of fused-ring (bicyclic) bond motifs is 3. The molecule has 1 N–H and O–H groups in total. The number of hydrogen-bond donors (Lipinski definition) is 1. The first-order valence-corrected chi connectivity index (χ1v) is 9.12. The Kier molecular flexibility index (Phi) is 3.28. The van der Waals surface area contributed by atoms with E-state index in [1.807, 2.05) is 36.4 Å². The van der Waals surface area contributed by atoms with E-state index in [1.165, 1.54) is 0 Å². The van der Waals surface area contributed by atoms with Crippen LogP contribution in [0.3, 0.4) is 0 Å². The lowest BCUT2D eigenvalue weighted by Gasteiger charge is -2.37. The largest absolute Gasteiger partial charge is 0.508 e. The van der Waals surface area contributed by atoms with Gasteiger partial charge in [0.15, 0.2) is 0 Å². The fourth-order valence-corrected chi connectivity index (χ4v) is 4.26. The molecule has 2 aliphatic heterocycles. The summed E-state index contributed by atoms with van der Waals surface area (Å²) < 4.78 is 6.28. The predicted octanol–water partition coefficient (Wildman–Crippen LogP) is 4.70. The van der Waals surface area contributed by atoms with Crippen LogP contribution in [-0.4, -0.2) is 15.8 Å². The van der Waals surface area contributed by atoms with Crippen LogP contribution in [0, 0.1) is 0 Å². The van der Waals surface area contributed by atoms with Gasteiger partial charge < -0.3 is 9.84 Å². The van der Waals surface area contributed by atoms with Crippen molar-refractivity contribution >= 4 is 17.0 Å². The molecular weight excluding hydrogens is 332 g/mol. The van der Waals surface area contributed by atoms with Gasteiger partial charge in [-0.1, -0.05) is 36.4 Å². The number of rotatable bonds is 2. The van der Waals surface area contributed by atoms with Gasteiger partial charge in [-0.25, -0.2) is 5.01 Å². The van der Waals surface area contributed by atoms with Crippen molar-refractivity contribution in [3.8, 4) is 11.5 Å². The average Bonchev–Trinajstić information content (AvgIpc) is 3.31. The highest BCUT2D eigenvalue weighted by molar-refractivity contribution is 7.10. The van der Waals surface area contributed by atoms with Crippen molar-refractivity contribution in [2.75, 3.05) is 0 Å². The lowest BCUT2D eigenvalue weighted by atomic mass is 9.96. The molecule has 0 spiro atoms. The summed E-state index contributed by atoms with van der Waals surface area (Å²) in [6.45, 7) is 0. The van der Waals surface area contributed by atoms with Gasteiger partial charge >= 0.3 is 0 Å².